The topological polar surface area (TPSA) is 29.5 Å². The Hall–Kier alpha value is -0.643. The summed E-state index contributed by atoms with van der Waals surface area (Å²) in [6.07, 6.45) is 7.81. The van der Waals surface area contributed by atoms with Crippen LogP contribution in [0.5, 0.6) is 0 Å². The first-order valence-corrected chi connectivity index (χ1v) is 11.2. The van der Waals surface area contributed by atoms with E-state index in [4.69, 9.17) is 4.43 Å². The summed E-state index contributed by atoms with van der Waals surface area (Å²) in [6, 6.07) is 0. The van der Waals surface area contributed by atoms with E-state index in [0.29, 0.717) is 6.10 Å². The Morgan fingerprint density at radius 3 is 2.38 bits per heavy atom. The van der Waals surface area contributed by atoms with Crippen molar-refractivity contribution in [1.82, 2.24) is 0 Å². The Bertz CT molecular complexity index is 450. The maximum absolute atomic E-state index is 10.1. The number of allylic oxidation sites excluding steroid dienone is 2. The van der Waals surface area contributed by atoms with Gasteiger partial charge in [0.15, 0.2) is 8.32 Å². The zero-order chi connectivity index (χ0) is 16.5. The highest BCUT2D eigenvalue weighted by atomic mass is 28.4. The van der Waals surface area contributed by atoms with E-state index >= 15 is 0 Å². The SMILES string of the molecule is C=C[C@@](C)(O)/C=C/C1=C(C)CC(O[Si](C)(C)C)CC1(C)C. The van der Waals surface area contributed by atoms with E-state index in [0.717, 1.165) is 12.8 Å². The van der Waals surface area contributed by atoms with E-state index in [9.17, 15) is 5.11 Å². The summed E-state index contributed by atoms with van der Waals surface area (Å²) in [7, 11) is -1.51. The largest absolute Gasteiger partial charge is 0.414 e. The van der Waals surface area contributed by atoms with Gasteiger partial charge < -0.3 is 9.53 Å². The van der Waals surface area contributed by atoms with E-state index < -0.39 is 13.9 Å². The Morgan fingerprint density at radius 1 is 1.38 bits per heavy atom. The Balaban J connectivity index is 3.00. The van der Waals surface area contributed by atoms with Crippen LogP contribution in [-0.4, -0.2) is 25.1 Å². The molecule has 0 bridgehead atoms. The molecule has 0 aliphatic heterocycles. The van der Waals surface area contributed by atoms with E-state index in [1.165, 1.54) is 11.1 Å². The highest BCUT2D eigenvalue weighted by Gasteiger charge is 2.35. The third kappa shape index (κ3) is 5.57. The predicted octanol–water partition coefficient (Wildman–Crippen LogP) is 4.84. The minimum atomic E-state index is -1.51. The molecule has 21 heavy (non-hydrogen) atoms. The van der Waals surface area contributed by atoms with Gasteiger partial charge in [0.25, 0.3) is 0 Å². The Morgan fingerprint density at radius 2 is 1.95 bits per heavy atom. The van der Waals surface area contributed by atoms with E-state index in [1.54, 1.807) is 13.0 Å². The van der Waals surface area contributed by atoms with Gasteiger partial charge in [0, 0.05) is 6.10 Å². The first kappa shape index (κ1) is 18.4. The van der Waals surface area contributed by atoms with Gasteiger partial charge in [-0.15, -0.1) is 0 Å². The van der Waals surface area contributed by atoms with Gasteiger partial charge in [0.1, 0.15) is 0 Å². The quantitative estimate of drug-likeness (QED) is 0.582. The van der Waals surface area contributed by atoms with Gasteiger partial charge in [-0.25, -0.2) is 0 Å². The molecule has 0 aromatic heterocycles. The van der Waals surface area contributed by atoms with Gasteiger partial charge in [-0.2, -0.15) is 0 Å². The number of hydrogen-bond donors (Lipinski definition) is 1. The molecule has 1 aliphatic carbocycles. The molecule has 2 atom stereocenters. The van der Waals surface area contributed by atoms with E-state index in [-0.39, 0.29) is 5.41 Å². The van der Waals surface area contributed by atoms with Crippen molar-refractivity contribution in [3.05, 3.63) is 36.0 Å². The molecule has 0 spiro atoms. The van der Waals surface area contributed by atoms with Crippen molar-refractivity contribution in [2.45, 2.75) is 71.9 Å². The lowest BCUT2D eigenvalue weighted by Gasteiger charge is -2.40. The molecule has 0 aromatic rings. The molecule has 1 rings (SSSR count). The second-order valence-corrected chi connectivity index (χ2v) is 12.6. The van der Waals surface area contributed by atoms with Gasteiger partial charge in [-0.05, 0) is 63.4 Å². The minimum absolute atomic E-state index is 0.0698. The maximum atomic E-state index is 10.1. The van der Waals surface area contributed by atoms with Crippen molar-refractivity contribution >= 4 is 8.32 Å². The molecule has 0 saturated carbocycles. The third-order valence-electron chi connectivity index (χ3n) is 3.98. The minimum Gasteiger partial charge on any atom is -0.414 e. The van der Waals surface area contributed by atoms with Crippen LogP contribution < -0.4 is 0 Å². The summed E-state index contributed by atoms with van der Waals surface area (Å²) in [5.41, 5.74) is 1.81. The van der Waals surface area contributed by atoms with Crippen molar-refractivity contribution < 1.29 is 9.53 Å². The van der Waals surface area contributed by atoms with Crippen LogP contribution in [0, 0.1) is 5.41 Å². The van der Waals surface area contributed by atoms with E-state index in [1.807, 2.05) is 6.08 Å². The third-order valence-corrected chi connectivity index (χ3v) is 5.02. The van der Waals surface area contributed by atoms with Gasteiger partial charge in [0.05, 0.1) is 5.60 Å². The summed E-state index contributed by atoms with van der Waals surface area (Å²) in [4.78, 5) is 0. The highest BCUT2D eigenvalue weighted by Crippen LogP contribution is 2.42. The molecule has 0 heterocycles. The van der Waals surface area contributed by atoms with Crippen LogP contribution in [0.15, 0.2) is 36.0 Å². The summed E-state index contributed by atoms with van der Waals surface area (Å²) in [6.45, 7) is 18.9. The van der Waals surface area contributed by atoms with Crippen LogP contribution in [0.4, 0.5) is 0 Å². The van der Waals surface area contributed by atoms with Gasteiger partial charge in [-0.1, -0.05) is 38.2 Å². The van der Waals surface area contributed by atoms with Crippen molar-refractivity contribution in [1.29, 1.82) is 0 Å². The van der Waals surface area contributed by atoms with Crippen molar-refractivity contribution in [2.24, 2.45) is 5.41 Å². The first-order chi connectivity index (χ1) is 9.36. The summed E-state index contributed by atoms with van der Waals surface area (Å²) in [5.74, 6) is 0. The number of aliphatic hydroxyl groups is 1. The highest BCUT2D eigenvalue weighted by molar-refractivity contribution is 6.69. The predicted molar refractivity (Wildman–Crippen MR) is 93.9 cm³/mol. The fraction of sp³-hybridized carbons (Fsp3) is 0.667. The molecule has 3 heteroatoms. The second kappa shape index (κ2) is 6.23. The lowest BCUT2D eigenvalue weighted by molar-refractivity contribution is 0.132. The Labute approximate surface area is 131 Å². The molecule has 2 nitrogen and oxygen atoms in total. The van der Waals surface area contributed by atoms with Crippen molar-refractivity contribution in [2.75, 3.05) is 0 Å². The monoisotopic (exact) mass is 308 g/mol. The van der Waals surface area contributed by atoms with Gasteiger partial charge >= 0.3 is 0 Å². The normalized spacial score (nSPS) is 26.0. The zero-order valence-electron chi connectivity index (χ0n) is 14.8. The van der Waals surface area contributed by atoms with Crippen LogP contribution in [0.1, 0.15) is 40.5 Å². The second-order valence-electron chi connectivity index (χ2n) is 8.10. The molecule has 0 fully saturated rings. The van der Waals surface area contributed by atoms with Crippen LogP contribution in [0.3, 0.4) is 0 Å². The molecule has 1 N–H and O–H groups in total. The molecule has 120 valence electrons. The van der Waals surface area contributed by atoms with Crippen LogP contribution >= 0.6 is 0 Å². The average Bonchev–Trinajstić information content (AvgIpc) is 2.24. The van der Waals surface area contributed by atoms with Crippen LogP contribution in [-0.2, 0) is 4.43 Å². The summed E-state index contributed by atoms with van der Waals surface area (Å²) in [5, 5.41) is 10.1. The lowest BCUT2D eigenvalue weighted by atomic mass is 9.71. The summed E-state index contributed by atoms with van der Waals surface area (Å²) >= 11 is 0. The molecule has 0 saturated heterocycles. The number of hydrogen-bond acceptors (Lipinski definition) is 2. The zero-order valence-corrected chi connectivity index (χ0v) is 15.8. The van der Waals surface area contributed by atoms with Crippen molar-refractivity contribution in [3.63, 3.8) is 0 Å². The molecule has 1 aliphatic rings. The molecular weight excluding hydrogens is 276 g/mol. The first-order valence-electron chi connectivity index (χ1n) is 7.79. The fourth-order valence-corrected chi connectivity index (χ4v) is 4.22. The van der Waals surface area contributed by atoms with E-state index in [2.05, 4.69) is 53.1 Å². The smallest absolute Gasteiger partial charge is 0.184 e. The molecule has 0 aromatic carbocycles. The van der Waals surface area contributed by atoms with Crippen LogP contribution in [0.2, 0.25) is 19.6 Å². The van der Waals surface area contributed by atoms with Gasteiger partial charge in [0.2, 0.25) is 0 Å². The van der Waals surface area contributed by atoms with Crippen molar-refractivity contribution in [3.8, 4) is 0 Å². The number of rotatable bonds is 5. The average molecular weight is 309 g/mol. The Kier molecular flexibility index (Phi) is 5.46. The van der Waals surface area contributed by atoms with Gasteiger partial charge in [-0.3, -0.25) is 0 Å². The standard InChI is InChI=1S/C18H32O2Si/c1-9-18(5,19)11-10-16-14(2)12-15(13-17(16,3)4)20-21(6,7)8/h9-11,15,19H,1,12-13H2,2-8H3/b11-10+/t15?,18-/m1/s1. The maximum Gasteiger partial charge on any atom is 0.184 e. The molecular formula is C18H32O2Si. The lowest BCUT2D eigenvalue weighted by Crippen LogP contribution is -2.38. The van der Waals surface area contributed by atoms with Crippen LogP contribution in [0.25, 0.3) is 0 Å². The fourth-order valence-electron chi connectivity index (χ4n) is 3.05. The molecule has 0 amide bonds. The summed E-state index contributed by atoms with van der Waals surface area (Å²) < 4.78 is 6.31. The molecule has 0 radical (unpaired) electrons. The molecule has 1 unspecified atom stereocenters.